The van der Waals surface area contributed by atoms with Crippen LogP contribution in [0.25, 0.3) is 0 Å². The van der Waals surface area contributed by atoms with Crippen molar-refractivity contribution in [2.24, 2.45) is 0 Å². The van der Waals surface area contributed by atoms with Crippen molar-refractivity contribution in [1.29, 1.82) is 0 Å². The molecule has 0 heterocycles. The van der Waals surface area contributed by atoms with Crippen molar-refractivity contribution in [3.8, 4) is 0 Å². The third-order valence-corrected chi connectivity index (χ3v) is 3.36. The smallest absolute Gasteiger partial charge is 0.129 e. The molecule has 3 heteroatoms. The highest BCUT2D eigenvalue weighted by Gasteiger charge is 2.21. The summed E-state index contributed by atoms with van der Waals surface area (Å²) in [5, 5.41) is 3.80. The van der Waals surface area contributed by atoms with Crippen LogP contribution in [0, 0.1) is 5.82 Å². The van der Waals surface area contributed by atoms with E-state index >= 15 is 0 Å². The summed E-state index contributed by atoms with van der Waals surface area (Å²) in [6.45, 7) is 2.86. The van der Waals surface area contributed by atoms with Gasteiger partial charge in [-0.3, -0.25) is 0 Å². The standard InChI is InChI=1S/C14H17ClFN/c1-2-17-14(10-5-3-4-6-10)12-8-7-11(15)9-13(12)16/h5,7-9,14,17H,2-4,6H2,1H3. The van der Waals surface area contributed by atoms with Crippen LogP contribution in [0.15, 0.2) is 29.8 Å². The molecule has 0 radical (unpaired) electrons. The molecule has 0 aliphatic heterocycles. The Kier molecular flexibility index (Phi) is 4.19. The van der Waals surface area contributed by atoms with Gasteiger partial charge in [-0.05, 0) is 37.9 Å². The van der Waals surface area contributed by atoms with Gasteiger partial charge in [-0.15, -0.1) is 0 Å². The zero-order valence-electron chi connectivity index (χ0n) is 9.97. The van der Waals surface area contributed by atoms with Crippen LogP contribution >= 0.6 is 11.6 Å². The fourth-order valence-electron chi connectivity index (χ4n) is 2.34. The molecule has 92 valence electrons. The van der Waals surface area contributed by atoms with E-state index in [1.165, 1.54) is 18.1 Å². The molecule has 1 aromatic rings. The maximum absolute atomic E-state index is 13.9. The number of allylic oxidation sites excluding steroid dienone is 1. The third-order valence-electron chi connectivity index (χ3n) is 3.13. The Balaban J connectivity index is 2.31. The summed E-state index contributed by atoms with van der Waals surface area (Å²) in [6, 6.07) is 4.92. The quantitative estimate of drug-likeness (QED) is 0.792. The van der Waals surface area contributed by atoms with Crippen LogP contribution in [-0.2, 0) is 0 Å². The van der Waals surface area contributed by atoms with Gasteiger partial charge in [0.25, 0.3) is 0 Å². The normalized spacial score (nSPS) is 17.0. The molecule has 1 aliphatic rings. The van der Waals surface area contributed by atoms with Crippen LogP contribution in [0.5, 0.6) is 0 Å². The number of hydrogen-bond donors (Lipinski definition) is 1. The maximum Gasteiger partial charge on any atom is 0.129 e. The second-order valence-corrected chi connectivity index (χ2v) is 4.76. The van der Waals surface area contributed by atoms with Crippen LogP contribution in [0.3, 0.4) is 0 Å². The predicted octanol–water partition coefficient (Wildman–Crippen LogP) is 4.24. The van der Waals surface area contributed by atoms with E-state index in [2.05, 4.69) is 11.4 Å². The van der Waals surface area contributed by atoms with Crippen LogP contribution in [0.1, 0.15) is 37.8 Å². The van der Waals surface area contributed by atoms with E-state index in [1.54, 1.807) is 12.1 Å². The largest absolute Gasteiger partial charge is 0.307 e. The summed E-state index contributed by atoms with van der Waals surface area (Å²) in [5.74, 6) is -0.226. The molecule has 0 amide bonds. The molecule has 0 aromatic heterocycles. The highest BCUT2D eigenvalue weighted by Crippen LogP contribution is 2.32. The Morgan fingerprint density at radius 3 is 2.88 bits per heavy atom. The van der Waals surface area contributed by atoms with Gasteiger partial charge in [0.1, 0.15) is 5.82 Å². The fourth-order valence-corrected chi connectivity index (χ4v) is 2.50. The zero-order chi connectivity index (χ0) is 12.3. The Morgan fingerprint density at radius 2 is 2.29 bits per heavy atom. The number of likely N-dealkylation sites (N-methyl/N-ethyl adjacent to an activating group) is 1. The minimum atomic E-state index is -0.226. The first kappa shape index (κ1) is 12.6. The average Bonchev–Trinajstić information content (AvgIpc) is 2.80. The van der Waals surface area contributed by atoms with Gasteiger partial charge in [0.15, 0.2) is 0 Å². The highest BCUT2D eigenvalue weighted by molar-refractivity contribution is 6.30. The van der Waals surface area contributed by atoms with Gasteiger partial charge in [0.05, 0.1) is 6.04 Å². The minimum Gasteiger partial charge on any atom is -0.307 e. The van der Waals surface area contributed by atoms with Gasteiger partial charge < -0.3 is 5.32 Å². The molecular weight excluding hydrogens is 237 g/mol. The molecule has 1 aliphatic carbocycles. The molecule has 0 fully saturated rings. The molecular formula is C14H17ClFN. The van der Waals surface area contributed by atoms with Crippen molar-refractivity contribution in [3.63, 3.8) is 0 Å². The second-order valence-electron chi connectivity index (χ2n) is 4.33. The lowest BCUT2D eigenvalue weighted by Gasteiger charge is -2.20. The lowest BCUT2D eigenvalue weighted by Crippen LogP contribution is -2.23. The Morgan fingerprint density at radius 1 is 1.47 bits per heavy atom. The van der Waals surface area contributed by atoms with Gasteiger partial charge in [-0.2, -0.15) is 0 Å². The van der Waals surface area contributed by atoms with Gasteiger partial charge in [-0.1, -0.05) is 36.2 Å². The Hall–Kier alpha value is -0.860. The Bertz CT molecular complexity index is 428. The summed E-state index contributed by atoms with van der Waals surface area (Å²) < 4.78 is 13.9. The molecule has 0 bridgehead atoms. The molecule has 1 atom stereocenters. The lowest BCUT2D eigenvalue weighted by atomic mass is 9.97. The molecule has 17 heavy (non-hydrogen) atoms. The highest BCUT2D eigenvalue weighted by atomic mass is 35.5. The van der Waals surface area contributed by atoms with E-state index in [4.69, 9.17) is 11.6 Å². The van der Waals surface area contributed by atoms with E-state index in [9.17, 15) is 4.39 Å². The van der Waals surface area contributed by atoms with Gasteiger partial charge in [0.2, 0.25) is 0 Å². The topological polar surface area (TPSA) is 12.0 Å². The van der Waals surface area contributed by atoms with Crippen molar-refractivity contribution < 1.29 is 4.39 Å². The summed E-state index contributed by atoms with van der Waals surface area (Å²) >= 11 is 5.78. The third kappa shape index (κ3) is 2.88. The first-order chi connectivity index (χ1) is 8.22. The monoisotopic (exact) mass is 253 g/mol. The number of halogens is 2. The number of hydrogen-bond acceptors (Lipinski definition) is 1. The van der Waals surface area contributed by atoms with Gasteiger partial charge in [-0.25, -0.2) is 4.39 Å². The summed E-state index contributed by atoms with van der Waals surface area (Å²) in [4.78, 5) is 0. The van der Waals surface area contributed by atoms with Crippen molar-refractivity contribution >= 4 is 11.6 Å². The van der Waals surface area contributed by atoms with E-state index in [0.29, 0.717) is 10.6 Å². The molecule has 1 nitrogen and oxygen atoms in total. The summed E-state index contributed by atoms with van der Waals surface area (Å²) in [5.41, 5.74) is 2.00. The fraction of sp³-hybridized carbons (Fsp3) is 0.429. The van der Waals surface area contributed by atoms with Crippen molar-refractivity contribution in [1.82, 2.24) is 5.32 Å². The lowest BCUT2D eigenvalue weighted by molar-refractivity contribution is 0.547. The number of rotatable bonds is 4. The van der Waals surface area contributed by atoms with Crippen molar-refractivity contribution in [2.45, 2.75) is 32.2 Å². The first-order valence-electron chi connectivity index (χ1n) is 6.09. The molecule has 0 saturated carbocycles. The second kappa shape index (κ2) is 5.65. The minimum absolute atomic E-state index is 0.000216. The van der Waals surface area contributed by atoms with Crippen molar-refractivity contribution in [3.05, 3.63) is 46.3 Å². The molecule has 2 rings (SSSR count). The van der Waals surface area contributed by atoms with Crippen LogP contribution in [0.2, 0.25) is 5.02 Å². The molecule has 1 aromatic carbocycles. The zero-order valence-corrected chi connectivity index (χ0v) is 10.7. The number of nitrogens with one attached hydrogen (secondary N) is 1. The molecule has 0 spiro atoms. The Labute approximate surface area is 107 Å². The summed E-state index contributed by atoms with van der Waals surface area (Å²) in [6.07, 6.45) is 5.56. The van der Waals surface area contributed by atoms with E-state index < -0.39 is 0 Å². The average molecular weight is 254 g/mol. The van der Waals surface area contributed by atoms with Crippen LogP contribution < -0.4 is 5.32 Å². The van der Waals surface area contributed by atoms with Gasteiger partial charge in [0, 0.05) is 10.6 Å². The van der Waals surface area contributed by atoms with Crippen LogP contribution in [-0.4, -0.2) is 6.54 Å². The van der Waals surface area contributed by atoms with Gasteiger partial charge >= 0.3 is 0 Å². The van der Waals surface area contributed by atoms with E-state index in [-0.39, 0.29) is 11.9 Å². The summed E-state index contributed by atoms with van der Waals surface area (Å²) in [7, 11) is 0. The molecule has 1 N–H and O–H groups in total. The first-order valence-corrected chi connectivity index (χ1v) is 6.47. The molecule has 0 saturated heterocycles. The number of benzene rings is 1. The molecule has 1 unspecified atom stereocenters. The van der Waals surface area contributed by atoms with E-state index in [0.717, 1.165) is 19.4 Å². The van der Waals surface area contributed by atoms with E-state index in [1.807, 2.05) is 6.92 Å². The van der Waals surface area contributed by atoms with Crippen molar-refractivity contribution in [2.75, 3.05) is 6.54 Å². The maximum atomic E-state index is 13.9. The predicted molar refractivity (Wildman–Crippen MR) is 69.8 cm³/mol. The van der Waals surface area contributed by atoms with Crippen LogP contribution in [0.4, 0.5) is 4.39 Å². The SMILES string of the molecule is CCNC(C1=CCCC1)c1ccc(Cl)cc1F.